The Morgan fingerprint density at radius 1 is 1.00 bits per heavy atom. The Bertz CT molecular complexity index is 206. The van der Waals surface area contributed by atoms with Gasteiger partial charge in [0.05, 0.1) is 6.07 Å². The van der Waals surface area contributed by atoms with Crippen LogP contribution in [0.1, 0.15) is 65.7 Å². The van der Waals surface area contributed by atoms with Crippen LogP contribution in [0, 0.1) is 11.3 Å². The fraction of sp³-hybridized carbons (Fsp3) is 0.929. The van der Waals surface area contributed by atoms with Crippen LogP contribution in [0.3, 0.4) is 0 Å². The summed E-state index contributed by atoms with van der Waals surface area (Å²) < 4.78 is 11.5. The van der Waals surface area contributed by atoms with E-state index in [0.717, 1.165) is 26.1 Å². The lowest BCUT2D eigenvalue weighted by molar-refractivity contribution is 0.182. The second kappa shape index (κ2) is 12.9. The minimum Gasteiger partial charge on any atom is -0.411 e. The summed E-state index contributed by atoms with van der Waals surface area (Å²) >= 11 is 0. The van der Waals surface area contributed by atoms with E-state index in [-0.39, 0.29) is 12.9 Å². The zero-order valence-electron chi connectivity index (χ0n) is 12.3. The minimum absolute atomic E-state index is 0.151. The van der Waals surface area contributed by atoms with Gasteiger partial charge in [0.1, 0.15) is 0 Å². The Morgan fingerprint density at radius 2 is 1.50 bits per heavy atom. The largest absolute Gasteiger partial charge is 0.460 e. The van der Waals surface area contributed by atoms with E-state index in [0.29, 0.717) is 6.42 Å². The van der Waals surface area contributed by atoms with Crippen molar-refractivity contribution in [3.05, 3.63) is 0 Å². The molecule has 0 aliphatic rings. The lowest BCUT2D eigenvalue weighted by Crippen LogP contribution is -2.28. The molecule has 0 heterocycles. The van der Waals surface area contributed by atoms with Crippen LogP contribution in [0.25, 0.3) is 0 Å². The maximum absolute atomic E-state index is 8.74. The topological polar surface area (TPSA) is 42.2 Å². The van der Waals surface area contributed by atoms with Gasteiger partial charge in [-0.25, -0.2) is 0 Å². The standard InChI is InChI=1S/C14H28BNO2/c1-4-6-8-12-17-15(14(3)10-11-16)18-13-9-7-5-2/h14H,4-10,12-13H2,1-3H3. The van der Waals surface area contributed by atoms with E-state index in [9.17, 15) is 0 Å². The van der Waals surface area contributed by atoms with Crippen molar-refractivity contribution in [3.63, 3.8) is 0 Å². The second-order valence-corrected chi connectivity index (χ2v) is 4.86. The summed E-state index contributed by atoms with van der Waals surface area (Å²) in [6, 6.07) is 2.19. The molecule has 0 radical (unpaired) electrons. The molecule has 0 rings (SSSR count). The smallest absolute Gasteiger partial charge is 0.411 e. The van der Waals surface area contributed by atoms with Crippen LogP contribution in [0.4, 0.5) is 0 Å². The summed E-state index contributed by atoms with van der Waals surface area (Å²) in [5, 5.41) is 8.74. The lowest BCUT2D eigenvalue weighted by atomic mass is 9.71. The van der Waals surface area contributed by atoms with Crippen LogP contribution in [-0.2, 0) is 9.31 Å². The Balaban J connectivity index is 3.88. The number of nitriles is 1. The van der Waals surface area contributed by atoms with Crippen LogP contribution in [0.5, 0.6) is 0 Å². The van der Waals surface area contributed by atoms with Gasteiger partial charge in [-0.3, -0.25) is 0 Å². The van der Waals surface area contributed by atoms with E-state index in [1.165, 1.54) is 25.7 Å². The van der Waals surface area contributed by atoms with Gasteiger partial charge >= 0.3 is 7.12 Å². The molecule has 0 aromatic carbocycles. The first-order valence-corrected chi connectivity index (χ1v) is 7.36. The van der Waals surface area contributed by atoms with Gasteiger partial charge in [-0.05, 0) is 12.8 Å². The van der Waals surface area contributed by atoms with Crippen molar-refractivity contribution in [1.82, 2.24) is 0 Å². The zero-order chi connectivity index (χ0) is 13.6. The highest BCUT2D eigenvalue weighted by atomic mass is 16.6. The first-order chi connectivity index (χ1) is 8.76. The normalized spacial score (nSPS) is 12.1. The van der Waals surface area contributed by atoms with Crippen LogP contribution in [0.2, 0.25) is 5.82 Å². The van der Waals surface area contributed by atoms with Crippen molar-refractivity contribution in [1.29, 1.82) is 5.26 Å². The van der Waals surface area contributed by atoms with E-state index >= 15 is 0 Å². The summed E-state index contributed by atoms with van der Waals surface area (Å²) in [5.41, 5.74) is 0. The number of hydrogen-bond acceptors (Lipinski definition) is 3. The van der Waals surface area contributed by atoms with Crippen molar-refractivity contribution in [2.45, 2.75) is 71.5 Å². The molecule has 0 aromatic rings. The average Bonchev–Trinajstić information content (AvgIpc) is 2.37. The third-order valence-electron chi connectivity index (χ3n) is 2.94. The fourth-order valence-corrected chi connectivity index (χ4v) is 1.72. The van der Waals surface area contributed by atoms with Gasteiger partial charge in [0.25, 0.3) is 0 Å². The Labute approximate surface area is 113 Å². The molecule has 0 bridgehead atoms. The average molecular weight is 253 g/mol. The first kappa shape index (κ1) is 17.5. The number of hydrogen-bond donors (Lipinski definition) is 0. The molecule has 18 heavy (non-hydrogen) atoms. The molecule has 0 saturated carbocycles. The van der Waals surface area contributed by atoms with Crippen LogP contribution in [-0.4, -0.2) is 20.3 Å². The lowest BCUT2D eigenvalue weighted by Gasteiger charge is -2.18. The van der Waals surface area contributed by atoms with E-state index in [2.05, 4.69) is 19.9 Å². The van der Waals surface area contributed by atoms with Crippen molar-refractivity contribution in [3.8, 4) is 6.07 Å². The van der Waals surface area contributed by atoms with Gasteiger partial charge in [0.2, 0.25) is 0 Å². The molecule has 0 aromatic heterocycles. The van der Waals surface area contributed by atoms with E-state index in [4.69, 9.17) is 14.6 Å². The Morgan fingerprint density at radius 3 is 1.89 bits per heavy atom. The molecule has 0 aliphatic heterocycles. The summed E-state index contributed by atoms with van der Waals surface area (Å²) in [6.45, 7) is 7.85. The maximum Gasteiger partial charge on any atom is 0.460 e. The van der Waals surface area contributed by atoms with Gasteiger partial charge < -0.3 is 9.31 Å². The van der Waals surface area contributed by atoms with Crippen LogP contribution in [0.15, 0.2) is 0 Å². The SMILES string of the molecule is CCCCCOB(OCCCCC)C(C)CC#N. The molecular formula is C14H28BNO2. The summed E-state index contributed by atoms with van der Waals surface area (Å²) in [6.07, 6.45) is 7.41. The highest BCUT2D eigenvalue weighted by Crippen LogP contribution is 2.16. The third-order valence-corrected chi connectivity index (χ3v) is 2.94. The molecule has 0 saturated heterocycles. The summed E-state index contributed by atoms with van der Waals surface area (Å²) in [7, 11) is -0.210. The zero-order valence-corrected chi connectivity index (χ0v) is 12.3. The van der Waals surface area contributed by atoms with Gasteiger partial charge in [0.15, 0.2) is 0 Å². The second-order valence-electron chi connectivity index (χ2n) is 4.86. The minimum atomic E-state index is -0.210. The first-order valence-electron chi connectivity index (χ1n) is 7.36. The number of unbranched alkanes of at least 4 members (excludes halogenated alkanes) is 4. The molecular weight excluding hydrogens is 225 g/mol. The Hall–Kier alpha value is -0.525. The number of nitrogens with zero attached hydrogens (tertiary/aromatic N) is 1. The van der Waals surface area contributed by atoms with E-state index in [1.54, 1.807) is 0 Å². The van der Waals surface area contributed by atoms with Crippen LogP contribution >= 0.6 is 0 Å². The van der Waals surface area contributed by atoms with Crippen molar-refractivity contribution >= 4 is 7.12 Å². The monoisotopic (exact) mass is 253 g/mol. The Kier molecular flexibility index (Phi) is 12.5. The molecule has 3 nitrogen and oxygen atoms in total. The fourth-order valence-electron chi connectivity index (χ4n) is 1.72. The molecule has 0 spiro atoms. The molecule has 0 aliphatic carbocycles. The van der Waals surface area contributed by atoms with Gasteiger partial charge in [0, 0.05) is 25.5 Å². The molecule has 0 N–H and O–H groups in total. The van der Waals surface area contributed by atoms with Crippen molar-refractivity contribution in [2.75, 3.05) is 13.2 Å². The van der Waals surface area contributed by atoms with Crippen molar-refractivity contribution < 1.29 is 9.31 Å². The van der Waals surface area contributed by atoms with Crippen LogP contribution < -0.4 is 0 Å². The predicted octanol–water partition coefficient (Wildman–Crippen LogP) is 4.19. The molecule has 4 heteroatoms. The molecule has 104 valence electrons. The van der Waals surface area contributed by atoms with Gasteiger partial charge in [-0.1, -0.05) is 46.5 Å². The molecule has 1 unspecified atom stereocenters. The van der Waals surface area contributed by atoms with Gasteiger partial charge in [-0.15, -0.1) is 0 Å². The third kappa shape index (κ3) is 9.50. The molecule has 1 atom stereocenters. The highest BCUT2D eigenvalue weighted by molar-refractivity contribution is 6.46. The van der Waals surface area contributed by atoms with E-state index in [1.807, 2.05) is 6.92 Å². The van der Waals surface area contributed by atoms with Gasteiger partial charge in [-0.2, -0.15) is 5.26 Å². The van der Waals surface area contributed by atoms with Crippen molar-refractivity contribution in [2.24, 2.45) is 0 Å². The predicted molar refractivity (Wildman–Crippen MR) is 76.4 cm³/mol. The molecule has 0 fully saturated rings. The quantitative estimate of drug-likeness (QED) is 0.387. The number of rotatable bonds is 12. The maximum atomic E-state index is 8.74. The summed E-state index contributed by atoms with van der Waals surface area (Å²) in [5.74, 6) is 0.151. The highest BCUT2D eigenvalue weighted by Gasteiger charge is 2.26. The molecule has 0 amide bonds. The van der Waals surface area contributed by atoms with E-state index < -0.39 is 0 Å². The summed E-state index contributed by atoms with van der Waals surface area (Å²) in [4.78, 5) is 0.